The zero-order valence-corrected chi connectivity index (χ0v) is 20.1. The fourth-order valence-electron chi connectivity index (χ4n) is 3.29. The predicted octanol–water partition coefficient (Wildman–Crippen LogP) is 3.54. The first-order valence-corrected chi connectivity index (χ1v) is 10.2. The van der Waals surface area contributed by atoms with E-state index in [2.05, 4.69) is 33.1 Å². The van der Waals surface area contributed by atoms with Crippen LogP contribution in [0.1, 0.15) is 32.3 Å². The highest BCUT2D eigenvalue weighted by Gasteiger charge is 2.27. The molecule has 2 aliphatic heterocycles. The van der Waals surface area contributed by atoms with Crippen LogP contribution in [0.15, 0.2) is 21.6 Å². The number of halogens is 2. The van der Waals surface area contributed by atoms with Gasteiger partial charge in [0.05, 0.1) is 23.5 Å². The Morgan fingerprint density at radius 3 is 2.75 bits per heavy atom. The van der Waals surface area contributed by atoms with E-state index in [1.165, 1.54) is 0 Å². The van der Waals surface area contributed by atoms with Gasteiger partial charge >= 0.3 is 5.97 Å². The Balaban J connectivity index is 0.00000280. The van der Waals surface area contributed by atoms with Gasteiger partial charge in [0.25, 0.3) is 0 Å². The number of guanidine groups is 1. The normalized spacial score (nSPS) is 16.5. The molecule has 1 aromatic rings. The minimum atomic E-state index is -0.0794. The third-order valence-electron chi connectivity index (χ3n) is 4.65. The van der Waals surface area contributed by atoms with Crippen molar-refractivity contribution >= 4 is 51.8 Å². The number of nitrogens with one attached hydrogen (secondary N) is 1. The highest BCUT2D eigenvalue weighted by atomic mass is 127. The summed E-state index contributed by atoms with van der Waals surface area (Å²) >= 11 is 3.52. The number of hydrogen-bond acceptors (Lipinski definition) is 5. The van der Waals surface area contributed by atoms with Crippen LogP contribution in [0.4, 0.5) is 0 Å². The summed E-state index contributed by atoms with van der Waals surface area (Å²) in [6.45, 7) is 7.50. The van der Waals surface area contributed by atoms with Crippen LogP contribution < -0.4 is 14.8 Å². The van der Waals surface area contributed by atoms with Gasteiger partial charge in [-0.05, 0) is 60.3 Å². The number of ether oxygens (including phenoxy) is 3. The van der Waals surface area contributed by atoms with Crippen LogP contribution in [-0.4, -0.2) is 49.9 Å². The molecule has 0 bridgehead atoms. The molecule has 28 heavy (non-hydrogen) atoms. The van der Waals surface area contributed by atoms with Crippen LogP contribution in [0, 0.1) is 5.92 Å². The lowest BCUT2D eigenvalue weighted by Crippen LogP contribution is -2.46. The summed E-state index contributed by atoms with van der Waals surface area (Å²) in [5, 5.41) is 3.35. The summed E-state index contributed by atoms with van der Waals surface area (Å²) in [5.74, 6) is 2.28. The van der Waals surface area contributed by atoms with E-state index in [0.717, 1.165) is 60.0 Å². The van der Waals surface area contributed by atoms with Gasteiger partial charge in [-0.15, -0.1) is 24.0 Å². The average molecular weight is 568 g/mol. The monoisotopic (exact) mass is 567 g/mol. The highest BCUT2D eigenvalue weighted by molar-refractivity contribution is 14.0. The van der Waals surface area contributed by atoms with Crippen LogP contribution >= 0.6 is 39.9 Å². The van der Waals surface area contributed by atoms with Crippen molar-refractivity contribution in [2.24, 2.45) is 10.9 Å². The molecule has 0 aliphatic carbocycles. The Hall–Kier alpha value is -1.23. The third-order valence-corrected chi connectivity index (χ3v) is 5.24. The van der Waals surface area contributed by atoms with Crippen molar-refractivity contribution < 1.29 is 19.0 Å². The van der Waals surface area contributed by atoms with Crippen LogP contribution in [0.3, 0.4) is 0 Å². The second-order valence-electron chi connectivity index (χ2n) is 6.49. The standard InChI is InChI=1S/C19H26BrN3O4.HI/c1-3-21-19(23-7-5-14(6-8-23)18(24)25-4-2)22-11-13-9-15(20)17-16(10-13)26-12-27-17;/h9-10,14H,3-8,11-12H2,1-2H3,(H,21,22);1H. The van der Waals surface area contributed by atoms with Gasteiger partial charge in [0.2, 0.25) is 6.79 Å². The Morgan fingerprint density at radius 2 is 2.07 bits per heavy atom. The number of aliphatic imine (C=N–C) groups is 1. The summed E-state index contributed by atoms with van der Waals surface area (Å²) in [5.41, 5.74) is 1.04. The molecule has 156 valence electrons. The molecular weight excluding hydrogens is 541 g/mol. The summed E-state index contributed by atoms with van der Waals surface area (Å²) in [6, 6.07) is 3.97. The Morgan fingerprint density at radius 1 is 1.32 bits per heavy atom. The van der Waals surface area contributed by atoms with Crippen molar-refractivity contribution in [2.75, 3.05) is 33.0 Å². The number of esters is 1. The molecule has 3 rings (SSSR count). The van der Waals surface area contributed by atoms with Crippen molar-refractivity contribution in [1.82, 2.24) is 10.2 Å². The van der Waals surface area contributed by atoms with E-state index in [-0.39, 0.29) is 42.7 Å². The van der Waals surface area contributed by atoms with E-state index in [0.29, 0.717) is 13.2 Å². The lowest BCUT2D eigenvalue weighted by molar-refractivity contribution is -0.149. The lowest BCUT2D eigenvalue weighted by atomic mass is 9.97. The van der Waals surface area contributed by atoms with Gasteiger partial charge < -0.3 is 24.4 Å². The second-order valence-corrected chi connectivity index (χ2v) is 7.35. The molecule has 1 fully saturated rings. The number of carbonyl (C=O) groups excluding carboxylic acids is 1. The van der Waals surface area contributed by atoms with Gasteiger partial charge in [-0.25, -0.2) is 4.99 Å². The summed E-state index contributed by atoms with van der Waals surface area (Å²) in [4.78, 5) is 18.9. The molecule has 1 N–H and O–H groups in total. The summed E-state index contributed by atoms with van der Waals surface area (Å²) in [6.07, 6.45) is 1.58. The molecule has 0 atom stereocenters. The molecule has 2 aliphatic rings. The van der Waals surface area contributed by atoms with Gasteiger partial charge in [0.15, 0.2) is 17.5 Å². The van der Waals surface area contributed by atoms with Gasteiger partial charge in [-0.2, -0.15) is 0 Å². The lowest BCUT2D eigenvalue weighted by Gasteiger charge is -2.33. The Kier molecular flexibility index (Phi) is 9.13. The smallest absolute Gasteiger partial charge is 0.309 e. The number of hydrogen-bond donors (Lipinski definition) is 1. The number of likely N-dealkylation sites (tertiary alicyclic amines) is 1. The third kappa shape index (κ3) is 5.65. The number of piperidine rings is 1. The van der Waals surface area contributed by atoms with Gasteiger partial charge in [0.1, 0.15) is 0 Å². The maximum absolute atomic E-state index is 11.9. The van der Waals surface area contributed by atoms with Gasteiger partial charge in [-0.3, -0.25) is 4.79 Å². The zero-order chi connectivity index (χ0) is 19.2. The molecule has 0 aromatic heterocycles. The second kappa shape index (κ2) is 11.1. The number of fused-ring (bicyclic) bond motifs is 1. The Labute approximate surface area is 191 Å². The molecular formula is C19H27BrIN3O4. The van der Waals surface area contributed by atoms with E-state index >= 15 is 0 Å². The minimum Gasteiger partial charge on any atom is -0.466 e. The van der Waals surface area contributed by atoms with E-state index < -0.39 is 0 Å². The fraction of sp³-hybridized carbons (Fsp3) is 0.579. The zero-order valence-electron chi connectivity index (χ0n) is 16.2. The number of carbonyl (C=O) groups is 1. The molecule has 7 nitrogen and oxygen atoms in total. The van der Waals surface area contributed by atoms with Crippen molar-refractivity contribution in [3.63, 3.8) is 0 Å². The molecule has 2 heterocycles. The fourth-order valence-corrected chi connectivity index (χ4v) is 3.90. The SMILES string of the molecule is CCNC(=NCc1cc(Br)c2c(c1)OCO2)N1CCC(C(=O)OCC)CC1.I. The van der Waals surface area contributed by atoms with Crippen LogP contribution in [0.2, 0.25) is 0 Å². The molecule has 0 unspecified atom stereocenters. The molecule has 0 radical (unpaired) electrons. The van der Waals surface area contributed by atoms with Crippen molar-refractivity contribution in [3.8, 4) is 11.5 Å². The maximum atomic E-state index is 11.9. The van der Waals surface area contributed by atoms with E-state index in [9.17, 15) is 4.79 Å². The highest BCUT2D eigenvalue weighted by Crippen LogP contribution is 2.40. The van der Waals surface area contributed by atoms with Crippen LogP contribution in [0.5, 0.6) is 11.5 Å². The first-order valence-electron chi connectivity index (χ1n) is 9.40. The summed E-state index contributed by atoms with van der Waals surface area (Å²) < 4.78 is 16.9. The molecule has 0 amide bonds. The molecule has 0 saturated carbocycles. The van der Waals surface area contributed by atoms with E-state index in [1.807, 2.05) is 19.1 Å². The van der Waals surface area contributed by atoms with Gasteiger partial charge in [0, 0.05) is 19.6 Å². The average Bonchev–Trinajstić information content (AvgIpc) is 3.15. The Bertz CT molecular complexity index is 709. The largest absolute Gasteiger partial charge is 0.466 e. The van der Waals surface area contributed by atoms with E-state index in [4.69, 9.17) is 19.2 Å². The van der Waals surface area contributed by atoms with Crippen LogP contribution in [-0.2, 0) is 16.1 Å². The first kappa shape index (κ1) is 23.1. The minimum absolute atomic E-state index is 0. The number of benzene rings is 1. The number of rotatable bonds is 5. The van der Waals surface area contributed by atoms with Gasteiger partial charge in [-0.1, -0.05) is 0 Å². The predicted molar refractivity (Wildman–Crippen MR) is 121 cm³/mol. The molecule has 1 aromatic carbocycles. The summed E-state index contributed by atoms with van der Waals surface area (Å²) in [7, 11) is 0. The number of nitrogens with zero attached hydrogens (tertiary/aromatic N) is 2. The van der Waals surface area contributed by atoms with Crippen molar-refractivity contribution in [1.29, 1.82) is 0 Å². The maximum Gasteiger partial charge on any atom is 0.309 e. The van der Waals surface area contributed by atoms with E-state index in [1.54, 1.807) is 0 Å². The van der Waals surface area contributed by atoms with Crippen molar-refractivity contribution in [2.45, 2.75) is 33.2 Å². The van der Waals surface area contributed by atoms with Crippen molar-refractivity contribution in [3.05, 3.63) is 22.2 Å². The first-order chi connectivity index (χ1) is 13.1. The molecule has 9 heteroatoms. The quantitative estimate of drug-likeness (QED) is 0.254. The van der Waals surface area contributed by atoms with Crippen LogP contribution in [0.25, 0.3) is 0 Å². The topological polar surface area (TPSA) is 72.4 Å². The molecule has 0 spiro atoms. The molecule has 1 saturated heterocycles.